The number of hydrogen-bond acceptors (Lipinski definition) is 4. The fourth-order valence-electron chi connectivity index (χ4n) is 2.40. The number of carbonyl (C=O) groups is 1. The summed E-state index contributed by atoms with van der Waals surface area (Å²) in [6.45, 7) is 8.62. The number of aryl methyl sites for hydroxylation is 1. The van der Waals surface area contributed by atoms with Gasteiger partial charge in [-0.1, -0.05) is 18.6 Å². The van der Waals surface area contributed by atoms with Crippen LogP contribution in [0.15, 0.2) is 18.2 Å². The number of hydrogen-bond donors (Lipinski definition) is 2. The van der Waals surface area contributed by atoms with Crippen molar-refractivity contribution >= 4 is 11.6 Å². The lowest BCUT2D eigenvalue weighted by Crippen LogP contribution is -2.48. The lowest BCUT2D eigenvalue weighted by Gasteiger charge is -2.34. The fraction of sp³-hybridized carbons (Fsp3) is 0.500. The van der Waals surface area contributed by atoms with Crippen LogP contribution < -0.4 is 11.3 Å². The Morgan fingerprint density at radius 3 is 2.58 bits per heavy atom. The molecule has 0 radical (unpaired) electrons. The highest BCUT2D eigenvalue weighted by atomic mass is 16.2. The number of likely N-dealkylation sites (N-methyl/N-ethyl adjacent to an activating group) is 1. The minimum atomic E-state index is 0.0624. The Morgan fingerprint density at radius 2 is 2.00 bits per heavy atom. The maximum absolute atomic E-state index is 12.5. The minimum absolute atomic E-state index is 0.0624. The molecule has 1 aliphatic heterocycles. The van der Waals surface area contributed by atoms with Crippen LogP contribution in [-0.4, -0.2) is 48.4 Å². The van der Waals surface area contributed by atoms with Crippen LogP contribution in [0.3, 0.4) is 0 Å². The third-order valence-electron chi connectivity index (χ3n) is 3.67. The Morgan fingerprint density at radius 1 is 1.32 bits per heavy atom. The summed E-state index contributed by atoms with van der Waals surface area (Å²) in [4.78, 5) is 16.8. The number of benzene rings is 1. The number of nitrogens with one attached hydrogen (secondary N) is 1. The molecule has 1 amide bonds. The molecule has 0 bridgehead atoms. The zero-order valence-corrected chi connectivity index (χ0v) is 11.6. The van der Waals surface area contributed by atoms with Crippen molar-refractivity contribution in [1.29, 1.82) is 0 Å². The summed E-state index contributed by atoms with van der Waals surface area (Å²) < 4.78 is 0. The number of nitrogens with two attached hydrogens (primary N) is 1. The molecule has 0 aliphatic carbocycles. The molecular formula is C14H22N4O. The van der Waals surface area contributed by atoms with E-state index in [-0.39, 0.29) is 5.91 Å². The van der Waals surface area contributed by atoms with Gasteiger partial charge in [0, 0.05) is 26.2 Å². The number of nitrogen functional groups attached to an aromatic ring is 1. The quantitative estimate of drug-likeness (QED) is 0.631. The van der Waals surface area contributed by atoms with Gasteiger partial charge in [0.05, 0.1) is 11.3 Å². The molecule has 1 fully saturated rings. The zero-order chi connectivity index (χ0) is 13.8. The summed E-state index contributed by atoms with van der Waals surface area (Å²) in [5.74, 6) is 5.55. The van der Waals surface area contributed by atoms with Gasteiger partial charge in [0.1, 0.15) is 0 Å². The molecule has 2 rings (SSSR count). The molecule has 0 aromatic heterocycles. The molecule has 5 nitrogen and oxygen atoms in total. The number of anilines is 1. The summed E-state index contributed by atoms with van der Waals surface area (Å²) in [6.07, 6.45) is 0. The van der Waals surface area contributed by atoms with Gasteiger partial charge in [-0.05, 0) is 25.6 Å². The van der Waals surface area contributed by atoms with E-state index in [0.29, 0.717) is 11.3 Å². The first kappa shape index (κ1) is 13.8. The van der Waals surface area contributed by atoms with Gasteiger partial charge < -0.3 is 15.2 Å². The molecule has 1 heterocycles. The molecule has 3 N–H and O–H groups in total. The standard InChI is InChI=1S/C14H22N4O/c1-3-17-6-8-18(9-7-17)14(19)12-10-11(2)4-5-13(12)16-15/h4-5,10,16H,3,6-9,15H2,1-2H3. The van der Waals surface area contributed by atoms with Crippen molar-refractivity contribution in [2.45, 2.75) is 13.8 Å². The van der Waals surface area contributed by atoms with E-state index in [1.807, 2.05) is 30.0 Å². The van der Waals surface area contributed by atoms with Gasteiger partial charge in [-0.25, -0.2) is 0 Å². The van der Waals surface area contributed by atoms with E-state index in [9.17, 15) is 4.79 Å². The van der Waals surface area contributed by atoms with Crippen molar-refractivity contribution in [2.75, 3.05) is 38.1 Å². The molecular weight excluding hydrogens is 240 g/mol. The van der Waals surface area contributed by atoms with Crippen LogP contribution in [0, 0.1) is 6.92 Å². The van der Waals surface area contributed by atoms with Crippen molar-refractivity contribution < 1.29 is 4.79 Å². The van der Waals surface area contributed by atoms with E-state index in [2.05, 4.69) is 17.2 Å². The van der Waals surface area contributed by atoms with Crippen LogP contribution in [0.5, 0.6) is 0 Å². The van der Waals surface area contributed by atoms with Crippen LogP contribution >= 0.6 is 0 Å². The van der Waals surface area contributed by atoms with Crippen molar-refractivity contribution in [1.82, 2.24) is 9.80 Å². The first-order valence-electron chi connectivity index (χ1n) is 6.74. The molecule has 0 atom stereocenters. The normalized spacial score (nSPS) is 16.5. The average molecular weight is 262 g/mol. The van der Waals surface area contributed by atoms with E-state index in [1.165, 1.54) is 0 Å². The second-order valence-corrected chi connectivity index (χ2v) is 4.92. The number of nitrogens with zero attached hydrogens (tertiary/aromatic N) is 2. The maximum Gasteiger partial charge on any atom is 0.256 e. The fourth-order valence-corrected chi connectivity index (χ4v) is 2.40. The SMILES string of the molecule is CCN1CCN(C(=O)c2cc(C)ccc2NN)CC1. The number of amides is 1. The average Bonchev–Trinajstić information content (AvgIpc) is 2.46. The number of hydrazine groups is 1. The van der Waals surface area contributed by atoms with Crippen molar-refractivity contribution in [3.63, 3.8) is 0 Å². The second-order valence-electron chi connectivity index (χ2n) is 4.92. The zero-order valence-electron chi connectivity index (χ0n) is 11.6. The van der Waals surface area contributed by atoms with Crippen LogP contribution in [0.1, 0.15) is 22.8 Å². The van der Waals surface area contributed by atoms with Crippen molar-refractivity contribution in [2.24, 2.45) is 5.84 Å². The first-order valence-corrected chi connectivity index (χ1v) is 6.74. The Balaban J connectivity index is 2.14. The predicted octanol–water partition coefficient (Wildman–Crippen LogP) is 1.06. The Labute approximate surface area is 114 Å². The van der Waals surface area contributed by atoms with Gasteiger partial charge in [-0.2, -0.15) is 0 Å². The predicted molar refractivity (Wildman–Crippen MR) is 77.0 cm³/mol. The smallest absolute Gasteiger partial charge is 0.256 e. The molecule has 0 spiro atoms. The molecule has 0 saturated carbocycles. The maximum atomic E-state index is 12.5. The summed E-state index contributed by atoms with van der Waals surface area (Å²) in [5.41, 5.74) is 5.02. The van der Waals surface area contributed by atoms with Crippen LogP contribution in [0.4, 0.5) is 5.69 Å². The molecule has 19 heavy (non-hydrogen) atoms. The van der Waals surface area contributed by atoms with Gasteiger partial charge in [0.25, 0.3) is 5.91 Å². The van der Waals surface area contributed by atoms with Gasteiger partial charge >= 0.3 is 0 Å². The van der Waals surface area contributed by atoms with Crippen molar-refractivity contribution in [3.05, 3.63) is 29.3 Å². The van der Waals surface area contributed by atoms with Gasteiger partial charge in [-0.15, -0.1) is 0 Å². The highest BCUT2D eigenvalue weighted by Crippen LogP contribution is 2.19. The number of piperazine rings is 1. The van der Waals surface area contributed by atoms with Gasteiger partial charge in [-0.3, -0.25) is 10.6 Å². The first-order chi connectivity index (χ1) is 9.15. The molecule has 5 heteroatoms. The summed E-state index contributed by atoms with van der Waals surface area (Å²) in [7, 11) is 0. The Hall–Kier alpha value is -1.59. The van der Waals surface area contributed by atoms with E-state index in [1.54, 1.807) is 0 Å². The third kappa shape index (κ3) is 3.05. The highest BCUT2D eigenvalue weighted by molar-refractivity contribution is 5.99. The summed E-state index contributed by atoms with van der Waals surface area (Å²) >= 11 is 0. The highest BCUT2D eigenvalue weighted by Gasteiger charge is 2.23. The minimum Gasteiger partial charge on any atom is -0.336 e. The molecule has 1 aromatic rings. The topological polar surface area (TPSA) is 61.6 Å². The number of carbonyl (C=O) groups excluding carboxylic acids is 1. The van der Waals surface area contributed by atoms with Crippen LogP contribution in [-0.2, 0) is 0 Å². The molecule has 1 aromatic carbocycles. The van der Waals surface area contributed by atoms with Crippen LogP contribution in [0.2, 0.25) is 0 Å². The van der Waals surface area contributed by atoms with Crippen LogP contribution in [0.25, 0.3) is 0 Å². The van der Waals surface area contributed by atoms with E-state index >= 15 is 0 Å². The molecule has 1 saturated heterocycles. The lowest BCUT2D eigenvalue weighted by molar-refractivity contribution is 0.0644. The summed E-state index contributed by atoms with van der Waals surface area (Å²) in [6, 6.07) is 5.69. The second kappa shape index (κ2) is 6.04. The van der Waals surface area contributed by atoms with E-state index in [0.717, 1.165) is 38.3 Å². The third-order valence-corrected chi connectivity index (χ3v) is 3.67. The molecule has 0 unspecified atom stereocenters. The molecule has 1 aliphatic rings. The lowest BCUT2D eigenvalue weighted by atomic mass is 10.1. The van der Waals surface area contributed by atoms with E-state index in [4.69, 9.17) is 5.84 Å². The molecule has 104 valence electrons. The van der Waals surface area contributed by atoms with Gasteiger partial charge in [0.2, 0.25) is 0 Å². The van der Waals surface area contributed by atoms with Gasteiger partial charge in [0.15, 0.2) is 0 Å². The van der Waals surface area contributed by atoms with Crippen molar-refractivity contribution in [3.8, 4) is 0 Å². The monoisotopic (exact) mass is 262 g/mol. The Bertz CT molecular complexity index is 453. The largest absolute Gasteiger partial charge is 0.336 e. The van der Waals surface area contributed by atoms with E-state index < -0.39 is 0 Å². The Kier molecular flexibility index (Phi) is 4.39. The number of rotatable bonds is 3. The summed E-state index contributed by atoms with van der Waals surface area (Å²) in [5, 5.41) is 0.